The van der Waals surface area contributed by atoms with E-state index in [4.69, 9.17) is 19.5 Å². The van der Waals surface area contributed by atoms with Crippen LogP contribution in [-0.2, 0) is 9.47 Å². The third kappa shape index (κ3) is 4.35. The molecule has 3 aromatic heterocycles. The molecule has 0 spiro atoms. The molecule has 6 bridgehead atoms. The van der Waals surface area contributed by atoms with Crippen LogP contribution in [0.3, 0.4) is 0 Å². The van der Waals surface area contributed by atoms with Crippen LogP contribution in [0.1, 0.15) is 154 Å². The molecule has 6 atom stereocenters. The molecular formula is C38H39N5O4. The molecule has 240 valence electrons. The molecule has 3 N–H and O–H groups in total. The minimum Gasteiger partial charge on any atom is -0.461 e. The number of nitrogens with one attached hydrogen (secondary N) is 3. The first-order valence-corrected chi connectivity index (χ1v) is 17.3. The number of ether oxygens (including phenoxy) is 2. The lowest BCUT2D eigenvalue weighted by molar-refractivity contribution is 0.0509. The number of nitrogens with zero attached hydrogens (tertiary/aromatic N) is 2. The van der Waals surface area contributed by atoms with Crippen LogP contribution in [-0.4, -0.2) is 52.5 Å². The molecule has 6 unspecified atom stereocenters. The van der Waals surface area contributed by atoms with Gasteiger partial charge in [-0.1, -0.05) is 36.5 Å². The van der Waals surface area contributed by atoms with E-state index in [2.05, 4.69) is 51.4 Å². The van der Waals surface area contributed by atoms with E-state index in [1.807, 2.05) is 26.3 Å². The first-order chi connectivity index (χ1) is 23.0. The van der Waals surface area contributed by atoms with Crippen molar-refractivity contribution in [3.63, 3.8) is 0 Å². The van der Waals surface area contributed by atoms with Crippen LogP contribution in [0.25, 0.3) is 0 Å². The van der Waals surface area contributed by atoms with Gasteiger partial charge in [0.15, 0.2) is 0 Å². The van der Waals surface area contributed by atoms with E-state index in [0.717, 1.165) is 83.8 Å². The van der Waals surface area contributed by atoms with Gasteiger partial charge in [-0.2, -0.15) is 0 Å². The summed E-state index contributed by atoms with van der Waals surface area (Å²) in [5, 5.41) is 0. The zero-order valence-corrected chi connectivity index (χ0v) is 26.8. The van der Waals surface area contributed by atoms with E-state index < -0.39 is 0 Å². The molecule has 47 heavy (non-hydrogen) atoms. The number of carbonyl (C=O) groups is 2. The van der Waals surface area contributed by atoms with Crippen molar-refractivity contribution in [1.29, 1.82) is 0 Å². The Labute approximate surface area is 273 Å². The van der Waals surface area contributed by atoms with Crippen LogP contribution in [0.5, 0.6) is 0 Å². The van der Waals surface area contributed by atoms with Crippen molar-refractivity contribution in [2.75, 3.05) is 13.2 Å². The summed E-state index contributed by atoms with van der Waals surface area (Å²) >= 11 is 0. The van der Waals surface area contributed by atoms with Gasteiger partial charge in [0.1, 0.15) is 23.0 Å². The molecule has 0 fully saturated rings. The molecule has 0 amide bonds. The maximum Gasteiger partial charge on any atom is 0.355 e. The molecule has 9 aliphatic rings. The summed E-state index contributed by atoms with van der Waals surface area (Å²) in [6.45, 7) is 4.33. The van der Waals surface area contributed by atoms with Crippen LogP contribution < -0.4 is 0 Å². The first-order valence-electron chi connectivity index (χ1n) is 17.3. The highest BCUT2D eigenvalue weighted by molar-refractivity contribution is 5.95. The fourth-order valence-corrected chi connectivity index (χ4v) is 9.22. The summed E-state index contributed by atoms with van der Waals surface area (Å²) in [7, 11) is 0. The van der Waals surface area contributed by atoms with Crippen molar-refractivity contribution in [3.8, 4) is 0 Å². The number of hydrogen-bond acceptors (Lipinski definition) is 6. The van der Waals surface area contributed by atoms with Gasteiger partial charge in [0.2, 0.25) is 0 Å². The third-order valence-electron chi connectivity index (χ3n) is 11.2. The SMILES string of the molecule is CCOC(=O)c1[nH]c(/N=C/c2[nH]c(/C=N/c3[nH]c(C(=O)OCC)c4c3C3C=CC4CC3)c3c2C2C=CC3CC2)c2c1C1C=CC2CC1. The van der Waals surface area contributed by atoms with Gasteiger partial charge >= 0.3 is 11.9 Å². The molecule has 0 radical (unpaired) electrons. The average Bonchev–Trinajstić information content (AvgIpc) is 3.83. The first kappa shape index (κ1) is 28.6. The second kappa shape index (κ2) is 11.0. The Morgan fingerprint density at radius 1 is 0.574 bits per heavy atom. The lowest BCUT2D eigenvalue weighted by Gasteiger charge is -2.32. The van der Waals surface area contributed by atoms with Gasteiger partial charge < -0.3 is 24.4 Å². The van der Waals surface area contributed by atoms with E-state index in [0.29, 0.717) is 36.4 Å². The molecule has 9 heteroatoms. The molecule has 0 saturated heterocycles. The molecule has 3 aromatic rings. The number of rotatable bonds is 8. The quantitative estimate of drug-likeness (QED) is 0.132. The fourth-order valence-electron chi connectivity index (χ4n) is 9.22. The number of aliphatic imine (C=N–C) groups is 2. The molecular weight excluding hydrogens is 590 g/mol. The van der Waals surface area contributed by atoms with Gasteiger partial charge in [0.25, 0.3) is 0 Å². The second-order valence-corrected chi connectivity index (χ2v) is 13.6. The van der Waals surface area contributed by atoms with Crippen LogP contribution in [0.2, 0.25) is 0 Å². The Balaban J connectivity index is 1.11. The minimum absolute atomic E-state index is 0.213. The highest BCUT2D eigenvalue weighted by atomic mass is 16.5. The number of aromatic amines is 3. The maximum absolute atomic E-state index is 13.0. The van der Waals surface area contributed by atoms with Crippen molar-refractivity contribution in [2.45, 2.75) is 87.9 Å². The van der Waals surface area contributed by atoms with Gasteiger partial charge in [-0.15, -0.1) is 0 Å². The molecule has 0 saturated carbocycles. The number of carbonyl (C=O) groups excluding carboxylic acids is 2. The second-order valence-electron chi connectivity index (χ2n) is 13.6. The van der Waals surface area contributed by atoms with Crippen molar-refractivity contribution in [2.24, 2.45) is 9.98 Å². The van der Waals surface area contributed by atoms with Gasteiger partial charge in [0, 0.05) is 46.6 Å². The van der Waals surface area contributed by atoms with Crippen molar-refractivity contribution in [3.05, 3.63) is 92.6 Å². The summed E-state index contributed by atoms with van der Waals surface area (Å²) < 4.78 is 10.8. The predicted octanol–water partition coefficient (Wildman–Crippen LogP) is 8.12. The van der Waals surface area contributed by atoms with E-state index in [1.54, 1.807) is 0 Å². The summed E-state index contributed by atoms with van der Waals surface area (Å²) in [6.07, 6.45) is 23.9. The van der Waals surface area contributed by atoms with E-state index >= 15 is 0 Å². The smallest absolute Gasteiger partial charge is 0.355 e. The van der Waals surface area contributed by atoms with E-state index in [9.17, 15) is 9.59 Å². The topological polar surface area (TPSA) is 125 Å². The van der Waals surface area contributed by atoms with Crippen LogP contribution in [0.4, 0.5) is 11.6 Å². The number of fused-ring (bicyclic) bond motifs is 3. The third-order valence-corrected chi connectivity index (χ3v) is 11.2. The normalized spacial score (nSPS) is 27.2. The number of esters is 2. The molecule has 0 aliphatic heterocycles. The summed E-state index contributed by atoms with van der Waals surface area (Å²) in [5.41, 5.74) is 9.95. The van der Waals surface area contributed by atoms with E-state index in [-0.39, 0.29) is 35.6 Å². The van der Waals surface area contributed by atoms with Crippen molar-refractivity contribution >= 4 is 36.0 Å². The summed E-state index contributed by atoms with van der Waals surface area (Å²) in [4.78, 5) is 46.4. The molecule has 9 aliphatic carbocycles. The van der Waals surface area contributed by atoms with Crippen LogP contribution in [0.15, 0.2) is 46.4 Å². The van der Waals surface area contributed by atoms with Gasteiger partial charge in [-0.05, 0) is 74.6 Å². The van der Waals surface area contributed by atoms with Crippen LogP contribution >= 0.6 is 0 Å². The zero-order chi connectivity index (χ0) is 31.8. The Kier molecular flexibility index (Phi) is 6.66. The maximum atomic E-state index is 13.0. The highest BCUT2D eigenvalue weighted by Gasteiger charge is 2.39. The lowest BCUT2D eigenvalue weighted by atomic mass is 9.71. The van der Waals surface area contributed by atoms with Crippen molar-refractivity contribution in [1.82, 2.24) is 15.0 Å². The highest BCUT2D eigenvalue weighted by Crippen LogP contribution is 2.52. The Morgan fingerprint density at radius 2 is 0.915 bits per heavy atom. The number of allylic oxidation sites excluding steroid dienone is 6. The molecule has 12 rings (SSSR count). The largest absolute Gasteiger partial charge is 0.461 e. The van der Waals surface area contributed by atoms with Gasteiger partial charge in [-0.3, -0.25) is 0 Å². The molecule has 3 heterocycles. The average molecular weight is 630 g/mol. The summed E-state index contributed by atoms with van der Waals surface area (Å²) in [5.74, 6) is 2.41. The zero-order valence-electron chi connectivity index (χ0n) is 26.8. The number of H-pyrrole nitrogens is 3. The number of hydrogen-bond donors (Lipinski definition) is 3. The molecule has 9 nitrogen and oxygen atoms in total. The minimum atomic E-state index is -0.314. The monoisotopic (exact) mass is 629 g/mol. The lowest BCUT2D eigenvalue weighted by Crippen LogP contribution is -2.18. The van der Waals surface area contributed by atoms with Gasteiger partial charge in [0.05, 0.1) is 37.0 Å². The predicted molar refractivity (Wildman–Crippen MR) is 180 cm³/mol. The van der Waals surface area contributed by atoms with Crippen molar-refractivity contribution < 1.29 is 19.1 Å². The van der Waals surface area contributed by atoms with Crippen LogP contribution in [0, 0.1) is 0 Å². The van der Waals surface area contributed by atoms with Gasteiger partial charge in [-0.25, -0.2) is 19.6 Å². The van der Waals surface area contributed by atoms with E-state index in [1.165, 1.54) is 11.1 Å². The Morgan fingerprint density at radius 3 is 1.26 bits per heavy atom. The Hall–Kier alpha value is -4.66. The Bertz CT molecular complexity index is 1830. The summed E-state index contributed by atoms with van der Waals surface area (Å²) in [6, 6.07) is 0. The molecule has 0 aromatic carbocycles. The standard InChI is InChI=1S/C38H39N5O4/c1-3-46-37(44)33-29-21-9-13-23(14-10-21)31(29)35(42-33)39-17-25-27-19-5-7-20(8-6-19)28(27)26(41-25)18-40-36-32-24-15-11-22(12-16-24)30(32)34(43-36)38(45)47-4-2/h5,7,9,11,13,15,17-24,41-43H,3-4,6,8,10,12,14,16H2,1-2H3/b39-17+,40-18+. The number of aromatic nitrogens is 3. The fraction of sp³-hybridized carbons (Fsp3) is 0.421.